The molecule has 1 aliphatic carbocycles. The molecule has 1 heterocycles. The van der Waals surface area contributed by atoms with Crippen LogP contribution in [0.1, 0.15) is 65.7 Å². The molecule has 36 heavy (non-hydrogen) atoms. The van der Waals surface area contributed by atoms with E-state index in [4.69, 9.17) is 9.47 Å². The number of alkyl halides is 3. The van der Waals surface area contributed by atoms with Crippen molar-refractivity contribution in [2.75, 3.05) is 13.7 Å². The molecule has 0 bridgehead atoms. The molecule has 0 atom stereocenters. The van der Waals surface area contributed by atoms with Gasteiger partial charge in [-0.05, 0) is 73.9 Å². The van der Waals surface area contributed by atoms with Crippen molar-refractivity contribution >= 4 is 17.7 Å². The van der Waals surface area contributed by atoms with Gasteiger partial charge in [-0.15, -0.1) is 16.9 Å². The van der Waals surface area contributed by atoms with Gasteiger partial charge >= 0.3 is 12.1 Å². The summed E-state index contributed by atoms with van der Waals surface area (Å²) < 4.78 is 50.8. The Kier molecular flexibility index (Phi) is 8.23. The summed E-state index contributed by atoms with van der Waals surface area (Å²) >= 11 is 1.57. The molecule has 192 valence electrons. The van der Waals surface area contributed by atoms with Crippen LogP contribution in [0.25, 0.3) is 0 Å². The van der Waals surface area contributed by atoms with E-state index >= 15 is 0 Å². The van der Waals surface area contributed by atoms with Gasteiger partial charge in [0.1, 0.15) is 10.8 Å². The smallest absolute Gasteiger partial charge is 0.416 e. The molecule has 0 spiro atoms. The Morgan fingerprint density at radius 1 is 1.06 bits per heavy atom. The molecule has 4 rings (SSSR count). The molecule has 0 amide bonds. The van der Waals surface area contributed by atoms with E-state index in [9.17, 15) is 18.0 Å². The monoisotopic (exact) mass is 519 g/mol. The lowest BCUT2D eigenvalue weighted by molar-refractivity contribution is -0.137. The third-order valence-corrected chi connectivity index (χ3v) is 7.74. The number of benzene rings is 2. The molecule has 3 aromatic rings. The highest BCUT2D eigenvalue weighted by molar-refractivity contribution is 7.99. The predicted octanol–water partition coefficient (Wildman–Crippen LogP) is 6.35. The lowest BCUT2D eigenvalue weighted by atomic mass is 9.83. The molecule has 0 unspecified atom stereocenters. The van der Waals surface area contributed by atoms with Crippen LogP contribution in [0.4, 0.5) is 13.2 Å². The number of hydrogen-bond donors (Lipinski definition) is 0. The maximum atomic E-state index is 12.9. The number of hydrogen-bond acceptors (Lipinski definition) is 6. The number of nitrogens with zero attached hydrogens (tertiary/aromatic N) is 3. The SMILES string of the molecule is CCOC(=O)c1nnn(Cc2ccc(OC)cc2)c1S[C@H]1CC[C@@H](c2ccc(C(F)(F)F)cc2)CC1. The van der Waals surface area contributed by atoms with Crippen molar-refractivity contribution in [2.24, 2.45) is 0 Å². The van der Waals surface area contributed by atoms with E-state index in [1.54, 1.807) is 42.6 Å². The summed E-state index contributed by atoms with van der Waals surface area (Å²) in [5, 5.41) is 9.26. The van der Waals surface area contributed by atoms with Crippen molar-refractivity contribution < 1.29 is 27.4 Å². The molecule has 1 fully saturated rings. The normalized spacial score (nSPS) is 18.1. The first-order valence-corrected chi connectivity index (χ1v) is 12.7. The molecule has 0 radical (unpaired) electrons. The number of halogens is 3. The molecule has 6 nitrogen and oxygen atoms in total. The minimum Gasteiger partial charge on any atom is -0.497 e. The highest BCUT2D eigenvalue weighted by atomic mass is 32.2. The summed E-state index contributed by atoms with van der Waals surface area (Å²) in [7, 11) is 1.61. The van der Waals surface area contributed by atoms with Crippen LogP contribution in [0.5, 0.6) is 5.75 Å². The van der Waals surface area contributed by atoms with Crippen molar-refractivity contribution in [1.82, 2.24) is 15.0 Å². The molecular formula is C26H28F3N3O3S. The lowest BCUT2D eigenvalue weighted by Crippen LogP contribution is -2.17. The van der Waals surface area contributed by atoms with Gasteiger partial charge < -0.3 is 9.47 Å². The fourth-order valence-corrected chi connectivity index (χ4v) is 5.65. The van der Waals surface area contributed by atoms with E-state index in [1.165, 1.54) is 0 Å². The van der Waals surface area contributed by atoms with Gasteiger partial charge in [-0.3, -0.25) is 0 Å². The molecular weight excluding hydrogens is 491 g/mol. The molecule has 10 heteroatoms. The Labute approximate surface area is 212 Å². The van der Waals surface area contributed by atoms with E-state index in [-0.39, 0.29) is 23.5 Å². The molecule has 0 saturated heterocycles. The summed E-state index contributed by atoms with van der Waals surface area (Å²) in [6.45, 7) is 2.43. The van der Waals surface area contributed by atoms with E-state index in [0.717, 1.165) is 54.7 Å². The Bertz CT molecular complexity index is 1160. The number of rotatable bonds is 8. The number of ether oxygens (including phenoxy) is 2. The zero-order valence-electron chi connectivity index (χ0n) is 20.1. The molecule has 2 aromatic carbocycles. The van der Waals surface area contributed by atoms with Gasteiger partial charge in [0.2, 0.25) is 5.69 Å². The van der Waals surface area contributed by atoms with E-state index in [2.05, 4.69) is 10.3 Å². The quantitative estimate of drug-likeness (QED) is 0.323. The lowest BCUT2D eigenvalue weighted by Gasteiger charge is -2.28. The highest BCUT2D eigenvalue weighted by Crippen LogP contribution is 2.41. The topological polar surface area (TPSA) is 66.2 Å². The first kappa shape index (κ1) is 26.1. The second kappa shape index (κ2) is 11.4. The van der Waals surface area contributed by atoms with Crippen molar-refractivity contribution in [3.05, 3.63) is 70.9 Å². The van der Waals surface area contributed by atoms with E-state index < -0.39 is 17.7 Å². The van der Waals surface area contributed by atoms with Crippen molar-refractivity contribution in [3.63, 3.8) is 0 Å². The van der Waals surface area contributed by atoms with Crippen LogP contribution in [0.2, 0.25) is 0 Å². The number of aromatic nitrogens is 3. The largest absolute Gasteiger partial charge is 0.497 e. The number of esters is 1. The van der Waals surface area contributed by atoms with Crippen molar-refractivity contribution in [2.45, 2.75) is 61.5 Å². The van der Waals surface area contributed by atoms with Crippen LogP contribution in [-0.4, -0.2) is 39.9 Å². The van der Waals surface area contributed by atoms with Gasteiger partial charge in [0.15, 0.2) is 0 Å². The van der Waals surface area contributed by atoms with Crippen LogP contribution in [0.15, 0.2) is 53.6 Å². The van der Waals surface area contributed by atoms with Gasteiger partial charge in [0.05, 0.1) is 25.8 Å². The average Bonchev–Trinajstić information content (AvgIpc) is 3.26. The second-order valence-electron chi connectivity index (χ2n) is 8.68. The van der Waals surface area contributed by atoms with Gasteiger partial charge in [0.25, 0.3) is 0 Å². The molecule has 1 aliphatic rings. The Morgan fingerprint density at radius 3 is 2.31 bits per heavy atom. The first-order valence-electron chi connectivity index (χ1n) is 11.9. The van der Waals surface area contributed by atoms with Crippen LogP contribution in [0.3, 0.4) is 0 Å². The average molecular weight is 520 g/mol. The highest BCUT2D eigenvalue weighted by Gasteiger charge is 2.31. The molecule has 1 aromatic heterocycles. The molecule has 0 N–H and O–H groups in total. The predicted molar refractivity (Wildman–Crippen MR) is 130 cm³/mol. The first-order chi connectivity index (χ1) is 17.3. The Balaban J connectivity index is 1.45. The van der Waals surface area contributed by atoms with Gasteiger partial charge in [0, 0.05) is 5.25 Å². The van der Waals surface area contributed by atoms with Gasteiger partial charge in [-0.25, -0.2) is 9.48 Å². The Morgan fingerprint density at radius 2 is 1.72 bits per heavy atom. The van der Waals surface area contributed by atoms with Gasteiger partial charge in [-0.1, -0.05) is 29.5 Å². The summed E-state index contributed by atoms with van der Waals surface area (Å²) in [5.41, 5.74) is 1.51. The summed E-state index contributed by atoms with van der Waals surface area (Å²) in [6.07, 6.45) is -0.874. The minimum absolute atomic E-state index is 0.209. The third kappa shape index (κ3) is 6.21. The number of carbonyl (C=O) groups excluding carboxylic acids is 1. The van der Waals surface area contributed by atoms with Crippen molar-refractivity contribution in [3.8, 4) is 5.75 Å². The van der Waals surface area contributed by atoms with E-state index in [0.29, 0.717) is 11.6 Å². The van der Waals surface area contributed by atoms with Crippen LogP contribution < -0.4 is 4.74 Å². The summed E-state index contributed by atoms with van der Waals surface area (Å²) in [4.78, 5) is 12.5. The third-order valence-electron chi connectivity index (χ3n) is 6.31. The zero-order chi connectivity index (χ0) is 25.7. The zero-order valence-corrected chi connectivity index (χ0v) is 20.9. The second-order valence-corrected chi connectivity index (χ2v) is 9.97. The van der Waals surface area contributed by atoms with Crippen LogP contribution >= 0.6 is 11.8 Å². The van der Waals surface area contributed by atoms with Crippen LogP contribution in [-0.2, 0) is 17.5 Å². The standard InChI is InChI=1S/C26H28F3N3O3S/c1-3-35-25(33)23-24(32(31-30-23)16-17-4-12-21(34-2)13-5-17)36-22-14-8-19(9-15-22)18-6-10-20(11-7-18)26(27,28)29/h4-7,10-13,19,22H,3,8-9,14-16H2,1-2H3/t19-,22+. The van der Waals surface area contributed by atoms with Crippen LogP contribution in [0, 0.1) is 0 Å². The number of carbonyl (C=O) groups is 1. The maximum absolute atomic E-state index is 12.9. The van der Waals surface area contributed by atoms with Crippen molar-refractivity contribution in [1.29, 1.82) is 0 Å². The summed E-state index contributed by atoms with van der Waals surface area (Å²) in [6, 6.07) is 13.1. The maximum Gasteiger partial charge on any atom is 0.416 e. The van der Waals surface area contributed by atoms with E-state index in [1.807, 2.05) is 24.3 Å². The van der Waals surface area contributed by atoms with Gasteiger partial charge in [-0.2, -0.15) is 13.2 Å². The number of methoxy groups -OCH3 is 1. The summed E-state index contributed by atoms with van der Waals surface area (Å²) in [5.74, 6) is 0.472. The minimum atomic E-state index is -4.33. The fourth-order valence-electron chi connectivity index (χ4n) is 4.37. The fraction of sp³-hybridized carbons (Fsp3) is 0.423. The molecule has 1 saturated carbocycles. The Hall–Kier alpha value is -3.01. The number of thioether (sulfide) groups is 1. The molecule has 0 aliphatic heterocycles.